The zero-order chi connectivity index (χ0) is 10.7. The summed E-state index contributed by atoms with van der Waals surface area (Å²) < 4.78 is 15.0. The normalized spacial score (nSPS) is 12.9. The van der Waals surface area contributed by atoms with Gasteiger partial charge in [0.15, 0.2) is 5.82 Å². The van der Waals surface area contributed by atoms with Gasteiger partial charge in [-0.05, 0) is 35.8 Å². The highest BCUT2D eigenvalue weighted by Gasteiger charge is 2.08. The smallest absolute Gasteiger partial charge is 0.152 e. The number of hydrogen-bond donors (Lipinski definition) is 2. The third-order valence-electron chi connectivity index (χ3n) is 1.49. The van der Waals surface area contributed by atoms with Crippen LogP contribution < -0.4 is 10.5 Å². The van der Waals surface area contributed by atoms with Crippen molar-refractivity contribution >= 4 is 38.4 Å². The minimum Gasteiger partial charge on any atom is -0.397 e. The van der Waals surface area contributed by atoms with E-state index in [0.717, 1.165) is 0 Å². The Hall–Kier alpha value is -0.620. The molecule has 0 bridgehead atoms. The molecule has 1 atom stereocenters. The Morgan fingerprint density at radius 1 is 1.64 bits per heavy atom. The van der Waals surface area contributed by atoms with Crippen molar-refractivity contribution in [2.24, 2.45) is 0 Å². The van der Waals surface area contributed by atoms with E-state index in [2.05, 4.69) is 25.6 Å². The number of aromatic nitrogens is 1. The average molecular weight is 278 g/mol. The topological polar surface area (TPSA) is 68.0 Å². The molecule has 14 heavy (non-hydrogen) atoms. The van der Waals surface area contributed by atoms with Crippen LogP contribution in [-0.4, -0.2) is 14.4 Å². The molecule has 0 aliphatic heterocycles. The zero-order valence-corrected chi connectivity index (χ0v) is 10.4. The molecular weight excluding hydrogens is 266 g/mol. The summed E-state index contributed by atoms with van der Waals surface area (Å²) in [6.07, 6.45) is 1.52. The molecule has 0 aliphatic rings. The lowest BCUT2D eigenvalue weighted by Crippen LogP contribution is -2.15. The van der Waals surface area contributed by atoms with E-state index in [0.29, 0.717) is 16.0 Å². The standard InChI is InChI=1S/C8H12BrN3OS/c1-5(2)14(13)12-8-7(9)3-6(10)4-11-8/h3-5H,10H2,1-2H3,(H,11,12). The molecule has 1 aromatic heterocycles. The van der Waals surface area contributed by atoms with Crippen LogP contribution in [0.25, 0.3) is 0 Å². The van der Waals surface area contributed by atoms with Crippen LogP contribution in [0.4, 0.5) is 11.5 Å². The van der Waals surface area contributed by atoms with Crippen LogP contribution in [-0.2, 0) is 11.0 Å². The zero-order valence-electron chi connectivity index (χ0n) is 7.95. The summed E-state index contributed by atoms with van der Waals surface area (Å²) in [6.45, 7) is 3.74. The van der Waals surface area contributed by atoms with Gasteiger partial charge in [-0.2, -0.15) is 0 Å². The molecule has 0 fully saturated rings. The molecule has 0 radical (unpaired) electrons. The first kappa shape index (κ1) is 11.5. The van der Waals surface area contributed by atoms with Crippen LogP contribution in [0.5, 0.6) is 0 Å². The molecule has 0 aromatic carbocycles. The second-order valence-electron chi connectivity index (χ2n) is 3.05. The van der Waals surface area contributed by atoms with E-state index in [1.165, 1.54) is 6.20 Å². The second kappa shape index (κ2) is 4.75. The molecule has 1 unspecified atom stereocenters. The second-order valence-corrected chi connectivity index (χ2v) is 5.64. The maximum atomic E-state index is 11.5. The average Bonchev–Trinajstić information content (AvgIpc) is 2.09. The fraction of sp³-hybridized carbons (Fsp3) is 0.375. The Morgan fingerprint density at radius 3 is 2.79 bits per heavy atom. The van der Waals surface area contributed by atoms with Gasteiger partial charge < -0.3 is 5.73 Å². The third-order valence-corrected chi connectivity index (χ3v) is 3.34. The molecule has 6 heteroatoms. The number of nitrogens with two attached hydrogens (primary N) is 1. The summed E-state index contributed by atoms with van der Waals surface area (Å²) in [6, 6.07) is 1.72. The van der Waals surface area contributed by atoms with Crippen LogP contribution in [0.15, 0.2) is 16.7 Å². The molecule has 3 N–H and O–H groups in total. The summed E-state index contributed by atoms with van der Waals surface area (Å²) in [7, 11) is -1.12. The highest BCUT2D eigenvalue weighted by Crippen LogP contribution is 2.22. The van der Waals surface area contributed by atoms with E-state index in [1.54, 1.807) is 6.07 Å². The number of nitrogens with zero attached hydrogens (tertiary/aromatic N) is 1. The van der Waals surface area contributed by atoms with Gasteiger partial charge >= 0.3 is 0 Å². The van der Waals surface area contributed by atoms with Crippen molar-refractivity contribution in [3.8, 4) is 0 Å². The third kappa shape index (κ3) is 2.95. The van der Waals surface area contributed by atoms with E-state index in [-0.39, 0.29) is 5.25 Å². The molecule has 0 saturated heterocycles. The summed E-state index contributed by atoms with van der Waals surface area (Å²) >= 11 is 3.29. The fourth-order valence-electron chi connectivity index (χ4n) is 0.741. The number of rotatable bonds is 3. The largest absolute Gasteiger partial charge is 0.397 e. The van der Waals surface area contributed by atoms with Crippen molar-refractivity contribution in [3.63, 3.8) is 0 Å². The van der Waals surface area contributed by atoms with Gasteiger partial charge in [-0.25, -0.2) is 9.19 Å². The first-order valence-electron chi connectivity index (χ1n) is 4.09. The Labute approximate surface area is 94.0 Å². The van der Waals surface area contributed by atoms with Gasteiger partial charge in [-0.1, -0.05) is 0 Å². The maximum absolute atomic E-state index is 11.5. The molecule has 0 spiro atoms. The number of nitrogens with one attached hydrogen (secondary N) is 1. The molecule has 1 heterocycles. The fourth-order valence-corrected chi connectivity index (χ4v) is 1.93. The SMILES string of the molecule is CC(C)S(=O)Nc1ncc(N)cc1Br. The van der Waals surface area contributed by atoms with Crippen molar-refractivity contribution in [3.05, 3.63) is 16.7 Å². The van der Waals surface area contributed by atoms with Gasteiger partial charge in [0.25, 0.3) is 0 Å². The Kier molecular flexibility index (Phi) is 3.88. The van der Waals surface area contributed by atoms with E-state index in [9.17, 15) is 4.21 Å². The van der Waals surface area contributed by atoms with E-state index in [1.807, 2.05) is 13.8 Å². The Balaban J connectivity index is 2.82. The molecule has 0 saturated carbocycles. The minimum absolute atomic E-state index is 0.0428. The molecule has 0 amide bonds. The predicted molar refractivity (Wildman–Crippen MR) is 63.3 cm³/mol. The van der Waals surface area contributed by atoms with Crippen LogP contribution >= 0.6 is 15.9 Å². The lowest BCUT2D eigenvalue weighted by atomic mass is 10.4. The maximum Gasteiger partial charge on any atom is 0.152 e. The van der Waals surface area contributed by atoms with Crippen molar-refractivity contribution in [2.45, 2.75) is 19.1 Å². The van der Waals surface area contributed by atoms with Crippen molar-refractivity contribution in [1.82, 2.24) is 4.98 Å². The molecule has 0 aliphatic carbocycles. The lowest BCUT2D eigenvalue weighted by Gasteiger charge is -2.09. The molecule has 1 rings (SSSR count). The van der Waals surface area contributed by atoms with Gasteiger partial charge in [0.2, 0.25) is 0 Å². The molecule has 1 aromatic rings. The van der Waals surface area contributed by atoms with Gasteiger partial charge in [0.05, 0.1) is 16.4 Å². The quantitative estimate of drug-likeness (QED) is 0.887. The van der Waals surface area contributed by atoms with Gasteiger partial charge in [-0.3, -0.25) is 4.72 Å². The Bertz CT molecular complexity index is 356. The first-order valence-corrected chi connectivity index (χ1v) is 6.09. The van der Waals surface area contributed by atoms with Crippen LogP contribution in [0, 0.1) is 0 Å². The highest BCUT2D eigenvalue weighted by atomic mass is 79.9. The first-order chi connectivity index (χ1) is 6.50. The monoisotopic (exact) mass is 277 g/mol. The van der Waals surface area contributed by atoms with Gasteiger partial charge in [0, 0.05) is 5.25 Å². The van der Waals surface area contributed by atoms with Crippen LogP contribution in [0.2, 0.25) is 0 Å². The molecule has 4 nitrogen and oxygen atoms in total. The summed E-state index contributed by atoms with van der Waals surface area (Å²) in [5, 5.41) is 0.0428. The van der Waals surface area contributed by atoms with Crippen LogP contribution in [0.1, 0.15) is 13.8 Å². The summed E-state index contributed by atoms with van der Waals surface area (Å²) in [4.78, 5) is 4.02. The van der Waals surface area contributed by atoms with E-state index in [4.69, 9.17) is 5.73 Å². The number of pyridine rings is 1. The number of anilines is 2. The van der Waals surface area contributed by atoms with Crippen molar-refractivity contribution in [2.75, 3.05) is 10.5 Å². The molecule has 78 valence electrons. The van der Waals surface area contributed by atoms with Gasteiger partial charge in [-0.15, -0.1) is 0 Å². The highest BCUT2D eigenvalue weighted by molar-refractivity contribution is 9.10. The number of nitrogen functional groups attached to an aromatic ring is 1. The molecular formula is C8H12BrN3OS. The summed E-state index contributed by atoms with van der Waals surface area (Å²) in [5.74, 6) is 0.547. The number of hydrogen-bond acceptors (Lipinski definition) is 3. The predicted octanol–water partition coefficient (Wildman–Crippen LogP) is 1.91. The van der Waals surface area contributed by atoms with Crippen LogP contribution in [0.3, 0.4) is 0 Å². The van der Waals surface area contributed by atoms with E-state index >= 15 is 0 Å². The Morgan fingerprint density at radius 2 is 2.29 bits per heavy atom. The van der Waals surface area contributed by atoms with Gasteiger partial charge in [0.1, 0.15) is 11.0 Å². The minimum atomic E-state index is -1.12. The van der Waals surface area contributed by atoms with Crippen molar-refractivity contribution in [1.29, 1.82) is 0 Å². The lowest BCUT2D eigenvalue weighted by molar-refractivity contribution is 0.680. The number of halogens is 1. The van der Waals surface area contributed by atoms with E-state index < -0.39 is 11.0 Å². The summed E-state index contributed by atoms with van der Waals surface area (Å²) in [5.41, 5.74) is 6.09. The van der Waals surface area contributed by atoms with Crippen molar-refractivity contribution < 1.29 is 4.21 Å².